The van der Waals surface area contributed by atoms with Gasteiger partial charge in [-0.15, -0.1) is 16.1 Å². The molecular weight excluding hydrogens is 428 g/mol. The average Bonchev–Trinajstić information content (AvgIpc) is 3.30. The van der Waals surface area contributed by atoms with E-state index < -0.39 is 0 Å². The molecule has 0 radical (unpaired) electrons. The number of aryl methyl sites for hydroxylation is 2. The predicted octanol–water partition coefficient (Wildman–Crippen LogP) is 3.94. The molecule has 1 atom stereocenters. The van der Waals surface area contributed by atoms with Crippen LogP contribution in [0.1, 0.15) is 36.7 Å². The maximum Gasteiger partial charge on any atom is 0.268 e. The molecule has 0 saturated heterocycles. The Balaban J connectivity index is 1.71. The number of pyridine rings is 1. The van der Waals surface area contributed by atoms with Gasteiger partial charge in [0.25, 0.3) is 11.4 Å². The van der Waals surface area contributed by atoms with E-state index in [1.165, 1.54) is 11.6 Å². The summed E-state index contributed by atoms with van der Waals surface area (Å²) in [6.45, 7) is 8.27. The van der Waals surface area contributed by atoms with E-state index in [-0.39, 0.29) is 11.6 Å². The largest absolute Gasteiger partial charge is 0.415 e. The van der Waals surface area contributed by atoms with Gasteiger partial charge in [0.05, 0.1) is 23.6 Å². The van der Waals surface area contributed by atoms with Gasteiger partial charge in [-0.25, -0.2) is 4.98 Å². The summed E-state index contributed by atoms with van der Waals surface area (Å²) in [6.07, 6.45) is 3.41. The number of nitrogens with one attached hydrogen (secondary N) is 1. The van der Waals surface area contributed by atoms with Crippen LogP contribution in [0.2, 0.25) is 0 Å². The van der Waals surface area contributed by atoms with E-state index >= 15 is 0 Å². The Morgan fingerprint density at radius 2 is 1.94 bits per heavy atom. The van der Waals surface area contributed by atoms with Gasteiger partial charge in [0.2, 0.25) is 5.89 Å². The van der Waals surface area contributed by atoms with Crippen molar-refractivity contribution in [3.63, 3.8) is 0 Å². The van der Waals surface area contributed by atoms with Crippen LogP contribution in [-0.2, 0) is 6.54 Å². The van der Waals surface area contributed by atoms with Crippen molar-refractivity contribution in [3.8, 4) is 46.1 Å². The van der Waals surface area contributed by atoms with Crippen molar-refractivity contribution < 1.29 is 4.42 Å². The molecule has 1 aromatic carbocycles. The van der Waals surface area contributed by atoms with Gasteiger partial charge in [-0.05, 0) is 58.0 Å². The Kier molecular flexibility index (Phi) is 6.66. The number of aromatic nitrogens is 5. The molecule has 3 heterocycles. The zero-order valence-electron chi connectivity index (χ0n) is 19.9. The van der Waals surface area contributed by atoms with Crippen molar-refractivity contribution in [3.05, 3.63) is 69.9 Å². The molecule has 0 aliphatic carbocycles. The van der Waals surface area contributed by atoms with Crippen LogP contribution in [0.15, 0.2) is 51.9 Å². The Hall–Kier alpha value is -4.09. The van der Waals surface area contributed by atoms with Gasteiger partial charge >= 0.3 is 0 Å². The minimum Gasteiger partial charge on any atom is -0.415 e. The van der Waals surface area contributed by atoms with Crippen LogP contribution in [0.5, 0.6) is 0 Å². The van der Waals surface area contributed by atoms with Gasteiger partial charge in [-0.3, -0.25) is 9.78 Å². The summed E-state index contributed by atoms with van der Waals surface area (Å²) in [6, 6.07) is 9.10. The van der Waals surface area contributed by atoms with E-state index in [4.69, 9.17) is 9.40 Å². The molecule has 4 rings (SSSR count). The topological polar surface area (TPSA) is 98.7 Å². The van der Waals surface area contributed by atoms with Crippen molar-refractivity contribution in [1.29, 1.82) is 0 Å². The third-order valence-corrected chi connectivity index (χ3v) is 5.49. The van der Waals surface area contributed by atoms with Gasteiger partial charge in [0.15, 0.2) is 0 Å². The molecule has 0 spiro atoms. The van der Waals surface area contributed by atoms with E-state index in [1.807, 2.05) is 40.0 Å². The number of rotatable bonds is 6. The summed E-state index contributed by atoms with van der Waals surface area (Å²) in [7, 11) is 1.92. The molecule has 0 saturated carbocycles. The predicted molar refractivity (Wildman–Crippen MR) is 131 cm³/mol. The zero-order chi connectivity index (χ0) is 24.2. The number of nitrogens with zero attached hydrogens (tertiary/aromatic N) is 5. The molecule has 1 unspecified atom stereocenters. The van der Waals surface area contributed by atoms with Crippen LogP contribution in [0.3, 0.4) is 0 Å². The monoisotopic (exact) mass is 454 g/mol. The van der Waals surface area contributed by atoms with Crippen molar-refractivity contribution >= 4 is 0 Å². The van der Waals surface area contributed by atoms with Gasteiger partial charge < -0.3 is 14.3 Å². The van der Waals surface area contributed by atoms with E-state index in [2.05, 4.69) is 38.4 Å². The van der Waals surface area contributed by atoms with Crippen molar-refractivity contribution in [2.75, 3.05) is 7.05 Å². The molecule has 3 aromatic heterocycles. The summed E-state index contributed by atoms with van der Waals surface area (Å²) in [5.41, 5.74) is 5.48. The number of benzene rings is 1. The zero-order valence-corrected chi connectivity index (χ0v) is 19.9. The minimum atomic E-state index is -0.253. The third kappa shape index (κ3) is 4.65. The molecule has 8 nitrogen and oxygen atoms in total. The van der Waals surface area contributed by atoms with E-state index in [1.54, 1.807) is 30.0 Å². The highest BCUT2D eigenvalue weighted by Crippen LogP contribution is 2.28. The van der Waals surface area contributed by atoms with Crippen LogP contribution in [-0.4, -0.2) is 31.8 Å². The molecule has 8 heteroatoms. The van der Waals surface area contributed by atoms with Crippen molar-refractivity contribution in [2.24, 2.45) is 0 Å². The van der Waals surface area contributed by atoms with E-state index in [0.717, 1.165) is 23.2 Å². The van der Waals surface area contributed by atoms with E-state index in [0.29, 0.717) is 28.9 Å². The fourth-order valence-corrected chi connectivity index (χ4v) is 3.73. The molecule has 0 aliphatic heterocycles. The first-order valence-corrected chi connectivity index (χ1v) is 11.0. The smallest absolute Gasteiger partial charge is 0.268 e. The molecule has 0 amide bonds. The summed E-state index contributed by atoms with van der Waals surface area (Å²) < 4.78 is 7.59. The van der Waals surface area contributed by atoms with Crippen molar-refractivity contribution in [1.82, 2.24) is 30.0 Å². The van der Waals surface area contributed by atoms with Gasteiger partial charge in [0, 0.05) is 29.9 Å². The Morgan fingerprint density at radius 1 is 1.15 bits per heavy atom. The summed E-state index contributed by atoms with van der Waals surface area (Å²) in [5, 5.41) is 11.6. The van der Waals surface area contributed by atoms with Gasteiger partial charge in [-0.2, -0.15) is 0 Å². The molecule has 4 aromatic rings. The molecule has 1 N–H and O–H groups in total. The first kappa shape index (κ1) is 23.1. The Bertz CT molecular complexity index is 1460. The maximum absolute atomic E-state index is 12.3. The number of hydrogen-bond donors (Lipinski definition) is 1. The van der Waals surface area contributed by atoms with Crippen LogP contribution in [0.25, 0.3) is 34.3 Å². The lowest BCUT2D eigenvalue weighted by atomic mass is 10.1. The van der Waals surface area contributed by atoms with Crippen molar-refractivity contribution in [2.45, 2.75) is 40.3 Å². The standard InChI is InChI=1S/C26H26N6O2/c1-6-7-17(3)32-15-20(9-11-23(32)33)22-14-28-18(4)24(29-22)26-31-30-25(34-26)21-10-8-19(13-27-5)12-16(21)2/h8-12,14-15,17,27H,13H2,1-5H3. The Morgan fingerprint density at radius 3 is 2.68 bits per heavy atom. The summed E-state index contributed by atoms with van der Waals surface area (Å²) in [5.74, 6) is 6.57. The number of hydrogen-bond acceptors (Lipinski definition) is 7. The van der Waals surface area contributed by atoms with Gasteiger partial charge in [0.1, 0.15) is 5.69 Å². The summed E-state index contributed by atoms with van der Waals surface area (Å²) >= 11 is 0. The fourth-order valence-electron chi connectivity index (χ4n) is 3.73. The van der Waals surface area contributed by atoms with Crippen LogP contribution in [0, 0.1) is 25.7 Å². The van der Waals surface area contributed by atoms with Crippen LogP contribution in [0.4, 0.5) is 0 Å². The normalized spacial score (nSPS) is 11.7. The lowest BCUT2D eigenvalue weighted by molar-refractivity contribution is 0.580. The molecule has 34 heavy (non-hydrogen) atoms. The SMILES string of the molecule is CC#CC(C)n1cc(-c2cnc(C)c(-c3nnc(-c4ccc(CNC)cc4C)o3)n2)ccc1=O. The average molecular weight is 455 g/mol. The minimum absolute atomic E-state index is 0.128. The molecule has 0 fully saturated rings. The maximum atomic E-state index is 12.3. The first-order valence-electron chi connectivity index (χ1n) is 11.0. The highest BCUT2D eigenvalue weighted by atomic mass is 16.4. The fraction of sp³-hybridized carbons (Fsp3) is 0.269. The van der Waals surface area contributed by atoms with Gasteiger partial charge in [-0.1, -0.05) is 18.1 Å². The highest BCUT2D eigenvalue weighted by molar-refractivity contribution is 5.64. The summed E-state index contributed by atoms with van der Waals surface area (Å²) in [4.78, 5) is 21.5. The second kappa shape index (κ2) is 9.81. The van der Waals surface area contributed by atoms with Crippen LogP contribution < -0.4 is 10.9 Å². The van der Waals surface area contributed by atoms with E-state index in [9.17, 15) is 4.79 Å². The molecule has 172 valence electrons. The lowest BCUT2D eigenvalue weighted by Crippen LogP contribution is -2.21. The molecule has 0 aliphatic rings. The second-order valence-corrected chi connectivity index (χ2v) is 8.01. The first-order chi connectivity index (χ1) is 16.4. The quantitative estimate of drug-likeness (QED) is 0.441. The molecular formula is C26H26N6O2. The lowest BCUT2D eigenvalue weighted by Gasteiger charge is -2.11. The highest BCUT2D eigenvalue weighted by Gasteiger charge is 2.18. The Labute approximate surface area is 198 Å². The third-order valence-electron chi connectivity index (χ3n) is 5.49. The van der Waals surface area contributed by atoms with Crippen LogP contribution >= 0.6 is 0 Å². The molecule has 0 bridgehead atoms. The second-order valence-electron chi connectivity index (χ2n) is 8.01.